The first kappa shape index (κ1) is 36.1. The van der Waals surface area contributed by atoms with Crippen molar-refractivity contribution in [2.24, 2.45) is 17.4 Å². The van der Waals surface area contributed by atoms with Crippen molar-refractivity contribution >= 4 is 42.5 Å². The molecule has 218 valence electrons. The molecule has 0 heterocycles. The molecule has 8 N–H and O–H groups in total. The minimum atomic E-state index is -0.951. The average molecular weight is 585 g/mol. The van der Waals surface area contributed by atoms with Gasteiger partial charge in [0.2, 0.25) is 17.7 Å². The number of hydrogen-bond donors (Lipinski definition) is 6. The summed E-state index contributed by atoms with van der Waals surface area (Å²) in [6, 6.07) is 13.7. The van der Waals surface area contributed by atoms with Crippen molar-refractivity contribution in [1.82, 2.24) is 16.0 Å². The van der Waals surface area contributed by atoms with Gasteiger partial charge in [0.1, 0.15) is 17.8 Å². The molecule has 0 radical (unpaired) electrons. The summed E-state index contributed by atoms with van der Waals surface area (Å²) in [4.78, 5) is 39.1. The van der Waals surface area contributed by atoms with Crippen molar-refractivity contribution < 1.29 is 19.5 Å². The summed E-state index contributed by atoms with van der Waals surface area (Å²) < 4.78 is 0. The van der Waals surface area contributed by atoms with Gasteiger partial charge in [0.25, 0.3) is 0 Å². The second-order valence-corrected chi connectivity index (χ2v) is 9.69. The van der Waals surface area contributed by atoms with Crippen LogP contribution >= 0.6 is 24.8 Å². The number of amides is 3. The number of hydrogen-bond acceptors (Lipinski definition) is 6. The molecule has 0 bridgehead atoms. The van der Waals surface area contributed by atoms with Crippen LogP contribution in [0.2, 0.25) is 0 Å². The smallest absolute Gasteiger partial charge is 0.243 e. The molecule has 0 aromatic heterocycles. The van der Waals surface area contributed by atoms with Gasteiger partial charge in [-0.1, -0.05) is 56.3 Å². The van der Waals surface area contributed by atoms with Crippen molar-refractivity contribution in [3.63, 3.8) is 0 Å². The van der Waals surface area contributed by atoms with Crippen LogP contribution in [0, 0.1) is 5.92 Å². The number of nitrogens with two attached hydrogens (primary N) is 2. The van der Waals surface area contributed by atoms with Gasteiger partial charge in [0.05, 0.1) is 6.04 Å². The Morgan fingerprint density at radius 3 is 2.05 bits per heavy atom. The second kappa shape index (κ2) is 19.2. The van der Waals surface area contributed by atoms with Crippen LogP contribution in [-0.4, -0.2) is 54.0 Å². The fourth-order valence-electron chi connectivity index (χ4n) is 3.90. The Morgan fingerprint density at radius 1 is 0.846 bits per heavy atom. The number of rotatable bonds is 15. The molecule has 9 nitrogen and oxygen atoms in total. The monoisotopic (exact) mass is 583 g/mol. The van der Waals surface area contributed by atoms with E-state index in [9.17, 15) is 19.5 Å². The topological polar surface area (TPSA) is 160 Å². The second-order valence-electron chi connectivity index (χ2n) is 9.69. The summed E-state index contributed by atoms with van der Waals surface area (Å²) in [6.07, 6.45) is 2.28. The molecule has 0 unspecified atom stereocenters. The lowest BCUT2D eigenvalue weighted by molar-refractivity contribution is -0.132. The first-order valence-corrected chi connectivity index (χ1v) is 12.9. The molecule has 0 spiro atoms. The highest BCUT2D eigenvalue weighted by Gasteiger charge is 2.28. The summed E-state index contributed by atoms with van der Waals surface area (Å²) in [5, 5.41) is 18.1. The summed E-state index contributed by atoms with van der Waals surface area (Å²) in [5.41, 5.74) is 13.4. The number of carbonyl (C=O) groups excluding carboxylic acids is 3. The number of benzene rings is 2. The van der Waals surface area contributed by atoms with E-state index in [1.54, 1.807) is 12.1 Å². The predicted molar refractivity (Wildman–Crippen MR) is 159 cm³/mol. The van der Waals surface area contributed by atoms with E-state index in [1.807, 2.05) is 44.2 Å². The first-order valence-electron chi connectivity index (χ1n) is 12.9. The Hall–Kier alpha value is -2.85. The van der Waals surface area contributed by atoms with Crippen LogP contribution in [0.4, 0.5) is 0 Å². The lowest BCUT2D eigenvalue weighted by Crippen LogP contribution is -2.56. The highest BCUT2D eigenvalue weighted by atomic mass is 35.5. The van der Waals surface area contributed by atoms with Gasteiger partial charge in [-0.2, -0.15) is 0 Å². The van der Waals surface area contributed by atoms with Crippen molar-refractivity contribution in [2.45, 2.75) is 64.1 Å². The molecule has 2 aromatic rings. The maximum atomic E-state index is 13.4. The SMILES string of the molecule is CC(C)C[C@H](NC(=O)[C@H](Cc1ccc(O)cc1)NC(=O)[C@@H](N)CCCN)C(=O)NCCc1ccccc1.Cl.Cl. The minimum Gasteiger partial charge on any atom is -0.508 e. The lowest BCUT2D eigenvalue weighted by atomic mass is 10.0. The van der Waals surface area contributed by atoms with E-state index in [1.165, 1.54) is 12.1 Å². The number of aromatic hydroxyl groups is 1. The van der Waals surface area contributed by atoms with Crippen molar-refractivity contribution in [1.29, 1.82) is 0 Å². The van der Waals surface area contributed by atoms with E-state index < -0.39 is 29.9 Å². The van der Waals surface area contributed by atoms with Crippen LogP contribution in [0.3, 0.4) is 0 Å². The molecule has 39 heavy (non-hydrogen) atoms. The normalized spacial score (nSPS) is 12.7. The fourth-order valence-corrected chi connectivity index (χ4v) is 3.90. The molecular weight excluding hydrogens is 541 g/mol. The Labute approximate surface area is 243 Å². The van der Waals surface area contributed by atoms with E-state index in [0.29, 0.717) is 38.8 Å². The van der Waals surface area contributed by atoms with E-state index >= 15 is 0 Å². The Kier molecular flexibility index (Phi) is 17.8. The summed E-state index contributed by atoms with van der Waals surface area (Å²) in [7, 11) is 0. The van der Waals surface area contributed by atoms with Crippen molar-refractivity contribution in [3.8, 4) is 5.75 Å². The number of halogens is 2. The van der Waals surface area contributed by atoms with Gasteiger partial charge in [0, 0.05) is 13.0 Å². The number of phenols is 1. The standard InChI is InChI=1S/C28H41N5O4.2ClH/c1-19(2)17-24(27(36)31-16-14-20-7-4-3-5-8-20)33-28(37)25(18-21-10-12-22(34)13-11-21)32-26(35)23(30)9-6-15-29;;/h3-5,7-8,10-13,19,23-25,34H,6,9,14-18,29-30H2,1-2H3,(H,31,36)(H,32,35)(H,33,37);2*1H/t23-,24-,25-;;/m0../s1. The molecule has 0 aliphatic heterocycles. The average Bonchev–Trinajstić information content (AvgIpc) is 2.87. The van der Waals surface area contributed by atoms with Crippen LogP contribution in [0.5, 0.6) is 5.75 Å². The third kappa shape index (κ3) is 13.7. The Balaban J connectivity index is 0.00000722. The van der Waals surface area contributed by atoms with Gasteiger partial charge >= 0.3 is 0 Å². The predicted octanol–water partition coefficient (Wildman–Crippen LogP) is 2.22. The molecule has 0 fully saturated rings. The van der Waals surface area contributed by atoms with E-state index in [0.717, 1.165) is 11.1 Å². The third-order valence-corrected chi connectivity index (χ3v) is 5.96. The largest absolute Gasteiger partial charge is 0.508 e. The van der Waals surface area contributed by atoms with E-state index in [4.69, 9.17) is 11.5 Å². The van der Waals surface area contributed by atoms with Crippen LogP contribution < -0.4 is 27.4 Å². The zero-order valence-electron chi connectivity index (χ0n) is 22.6. The Bertz CT molecular complexity index is 993. The zero-order chi connectivity index (χ0) is 27.2. The molecule has 3 atom stereocenters. The molecule has 2 aromatic carbocycles. The number of carbonyl (C=O) groups is 3. The lowest BCUT2D eigenvalue weighted by Gasteiger charge is -2.25. The highest BCUT2D eigenvalue weighted by Crippen LogP contribution is 2.13. The van der Waals surface area contributed by atoms with E-state index in [-0.39, 0.29) is 48.8 Å². The first-order chi connectivity index (χ1) is 17.7. The molecule has 0 saturated carbocycles. The van der Waals surface area contributed by atoms with Gasteiger partial charge in [-0.3, -0.25) is 14.4 Å². The molecule has 0 saturated heterocycles. The molecular formula is C28H43Cl2N5O4. The summed E-state index contributed by atoms with van der Waals surface area (Å²) in [5.74, 6) is -0.953. The fraction of sp³-hybridized carbons (Fsp3) is 0.464. The number of phenolic OH excluding ortho intramolecular Hbond substituents is 1. The molecule has 0 aliphatic rings. The minimum absolute atomic E-state index is 0. The van der Waals surface area contributed by atoms with Gasteiger partial charge < -0.3 is 32.5 Å². The van der Waals surface area contributed by atoms with Gasteiger partial charge in [-0.15, -0.1) is 24.8 Å². The van der Waals surface area contributed by atoms with Gasteiger partial charge in [-0.25, -0.2) is 0 Å². The van der Waals surface area contributed by atoms with Crippen LogP contribution in [0.15, 0.2) is 54.6 Å². The third-order valence-electron chi connectivity index (χ3n) is 5.96. The zero-order valence-corrected chi connectivity index (χ0v) is 24.2. The van der Waals surface area contributed by atoms with Crippen molar-refractivity contribution in [3.05, 3.63) is 65.7 Å². The van der Waals surface area contributed by atoms with Gasteiger partial charge in [0.15, 0.2) is 0 Å². The Morgan fingerprint density at radius 2 is 1.46 bits per heavy atom. The van der Waals surface area contributed by atoms with Crippen LogP contribution in [0.1, 0.15) is 44.2 Å². The van der Waals surface area contributed by atoms with Crippen LogP contribution in [-0.2, 0) is 27.2 Å². The quantitative estimate of drug-likeness (QED) is 0.188. The van der Waals surface area contributed by atoms with Crippen molar-refractivity contribution in [2.75, 3.05) is 13.1 Å². The molecule has 3 amide bonds. The van der Waals surface area contributed by atoms with E-state index in [2.05, 4.69) is 16.0 Å². The van der Waals surface area contributed by atoms with Gasteiger partial charge in [-0.05, 0) is 61.4 Å². The maximum Gasteiger partial charge on any atom is 0.243 e. The van der Waals surface area contributed by atoms with Crippen LogP contribution in [0.25, 0.3) is 0 Å². The number of nitrogens with one attached hydrogen (secondary N) is 3. The highest BCUT2D eigenvalue weighted by molar-refractivity contribution is 5.93. The molecule has 11 heteroatoms. The maximum absolute atomic E-state index is 13.4. The summed E-state index contributed by atoms with van der Waals surface area (Å²) >= 11 is 0. The molecule has 0 aliphatic carbocycles. The molecule has 2 rings (SSSR count). The summed E-state index contributed by atoms with van der Waals surface area (Å²) in [6.45, 7) is 4.80.